The van der Waals surface area contributed by atoms with Gasteiger partial charge in [0.15, 0.2) is 0 Å². The molecule has 1 aromatic rings. The second kappa shape index (κ2) is 5.97. The van der Waals surface area contributed by atoms with Gasteiger partial charge in [0.2, 0.25) is 0 Å². The summed E-state index contributed by atoms with van der Waals surface area (Å²) in [6.07, 6.45) is 3.28. The van der Waals surface area contributed by atoms with Crippen LogP contribution in [-0.2, 0) is 11.3 Å². The van der Waals surface area contributed by atoms with E-state index < -0.39 is 5.97 Å². The van der Waals surface area contributed by atoms with Crippen molar-refractivity contribution >= 4 is 17.2 Å². The van der Waals surface area contributed by atoms with Crippen molar-refractivity contribution in [1.82, 2.24) is 4.90 Å². The van der Waals surface area contributed by atoms with E-state index in [1.165, 1.54) is 0 Å². The van der Waals surface area contributed by atoms with E-state index in [1.807, 2.05) is 37.2 Å². The first-order chi connectivity index (χ1) is 9.97. The summed E-state index contributed by atoms with van der Waals surface area (Å²) < 4.78 is 0. The van der Waals surface area contributed by atoms with E-state index >= 15 is 0 Å². The number of fused-ring (bicyclic) bond motifs is 1. The van der Waals surface area contributed by atoms with E-state index in [0.717, 1.165) is 17.8 Å². The lowest BCUT2D eigenvalue weighted by Crippen LogP contribution is -2.26. The van der Waals surface area contributed by atoms with Gasteiger partial charge in [-0.15, -0.1) is 6.58 Å². The Bertz CT molecular complexity index is 630. The number of anilines is 1. The van der Waals surface area contributed by atoms with E-state index in [0.29, 0.717) is 16.7 Å². The predicted octanol–water partition coefficient (Wildman–Crippen LogP) is 2.75. The maximum absolute atomic E-state index is 11.7. The van der Waals surface area contributed by atoms with Crippen molar-refractivity contribution in [2.45, 2.75) is 12.6 Å². The molecule has 0 amide bonds. The summed E-state index contributed by atoms with van der Waals surface area (Å²) in [5.74, 6) is -0.943. The van der Waals surface area contributed by atoms with Gasteiger partial charge in [0, 0.05) is 17.8 Å². The molecule has 1 unspecified atom stereocenters. The van der Waals surface area contributed by atoms with Crippen LogP contribution in [0.5, 0.6) is 0 Å². The molecule has 4 nitrogen and oxygen atoms in total. The molecule has 110 valence electrons. The normalized spacial score (nSPS) is 17.2. The van der Waals surface area contributed by atoms with Crippen LogP contribution in [0.4, 0.5) is 5.69 Å². The number of rotatable bonds is 5. The summed E-state index contributed by atoms with van der Waals surface area (Å²) >= 11 is 0. The quantitative estimate of drug-likeness (QED) is 0.816. The first-order valence-corrected chi connectivity index (χ1v) is 6.75. The first kappa shape index (κ1) is 15.1. The second-order valence-electron chi connectivity index (χ2n) is 5.32. The van der Waals surface area contributed by atoms with Gasteiger partial charge in [-0.25, -0.2) is 4.79 Å². The lowest BCUT2D eigenvalue weighted by atomic mass is 9.88. The van der Waals surface area contributed by atoms with Crippen molar-refractivity contribution in [2.75, 3.05) is 19.4 Å². The van der Waals surface area contributed by atoms with E-state index in [2.05, 4.69) is 18.5 Å². The summed E-state index contributed by atoms with van der Waals surface area (Å²) in [6.45, 7) is 8.26. The van der Waals surface area contributed by atoms with Gasteiger partial charge in [0.1, 0.15) is 0 Å². The van der Waals surface area contributed by atoms with Gasteiger partial charge in [0.05, 0.1) is 11.6 Å². The monoisotopic (exact) mass is 284 g/mol. The maximum Gasteiger partial charge on any atom is 0.336 e. The molecule has 1 heterocycles. The SMILES string of the molecule is C=CC1=C(C(=O)O)c2cc(CN(C)C)ccc2NC1C=C. The molecule has 2 N–H and O–H groups in total. The fourth-order valence-electron chi connectivity index (χ4n) is 2.60. The largest absolute Gasteiger partial charge is 0.478 e. The van der Waals surface area contributed by atoms with Crippen molar-refractivity contribution in [3.05, 3.63) is 60.2 Å². The van der Waals surface area contributed by atoms with Crippen molar-refractivity contribution in [3.63, 3.8) is 0 Å². The molecule has 0 aromatic heterocycles. The number of carboxylic acid groups (broad SMARTS) is 1. The van der Waals surface area contributed by atoms with Crippen molar-refractivity contribution in [3.8, 4) is 0 Å². The number of carbonyl (C=O) groups is 1. The highest BCUT2D eigenvalue weighted by Gasteiger charge is 2.27. The maximum atomic E-state index is 11.7. The lowest BCUT2D eigenvalue weighted by molar-refractivity contribution is -0.130. The molecule has 4 heteroatoms. The first-order valence-electron chi connectivity index (χ1n) is 6.75. The third-order valence-electron chi connectivity index (χ3n) is 3.46. The molecule has 0 aliphatic carbocycles. The van der Waals surface area contributed by atoms with Gasteiger partial charge in [-0.2, -0.15) is 0 Å². The predicted molar refractivity (Wildman–Crippen MR) is 86.2 cm³/mol. The number of hydrogen-bond donors (Lipinski definition) is 2. The summed E-state index contributed by atoms with van der Waals surface area (Å²) in [4.78, 5) is 13.7. The minimum absolute atomic E-state index is 0.235. The van der Waals surface area contributed by atoms with E-state index in [1.54, 1.807) is 12.2 Å². The number of hydrogen-bond acceptors (Lipinski definition) is 3. The third-order valence-corrected chi connectivity index (χ3v) is 3.46. The number of aliphatic carboxylic acids is 1. The summed E-state index contributed by atoms with van der Waals surface area (Å²) in [7, 11) is 3.96. The van der Waals surface area contributed by atoms with Crippen LogP contribution in [0.2, 0.25) is 0 Å². The molecule has 2 rings (SSSR count). The fraction of sp³-hybridized carbons (Fsp3) is 0.235. The lowest BCUT2D eigenvalue weighted by Gasteiger charge is -2.28. The zero-order valence-electron chi connectivity index (χ0n) is 12.4. The molecule has 1 atom stereocenters. The number of nitrogens with one attached hydrogen (secondary N) is 1. The Morgan fingerprint density at radius 3 is 2.67 bits per heavy atom. The molecule has 21 heavy (non-hydrogen) atoms. The Morgan fingerprint density at radius 1 is 1.43 bits per heavy atom. The van der Waals surface area contributed by atoms with Gasteiger partial charge >= 0.3 is 5.97 Å². The van der Waals surface area contributed by atoms with Crippen molar-refractivity contribution in [2.24, 2.45) is 0 Å². The van der Waals surface area contributed by atoms with Crippen LogP contribution >= 0.6 is 0 Å². The summed E-state index contributed by atoms with van der Waals surface area (Å²) in [6, 6.07) is 5.62. The molecule has 0 spiro atoms. The highest BCUT2D eigenvalue weighted by molar-refractivity contribution is 6.20. The zero-order valence-corrected chi connectivity index (χ0v) is 12.4. The average molecular weight is 284 g/mol. The van der Waals surface area contributed by atoms with Crippen LogP contribution in [0.1, 0.15) is 11.1 Å². The second-order valence-corrected chi connectivity index (χ2v) is 5.32. The van der Waals surface area contributed by atoms with Crippen molar-refractivity contribution < 1.29 is 9.90 Å². The Hall–Kier alpha value is -2.33. The molecule has 0 bridgehead atoms. The van der Waals surface area contributed by atoms with Crippen LogP contribution in [0, 0.1) is 0 Å². The zero-order chi connectivity index (χ0) is 15.6. The van der Waals surface area contributed by atoms with Gasteiger partial charge in [-0.1, -0.05) is 24.8 Å². The number of benzene rings is 1. The van der Waals surface area contributed by atoms with E-state index in [-0.39, 0.29) is 6.04 Å². The Morgan fingerprint density at radius 2 is 2.14 bits per heavy atom. The van der Waals surface area contributed by atoms with E-state index in [4.69, 9.17) is 0 Å². The third kappa shape index (κ3) is 2.90. The number of carboxylic acids is 1. The van der Waals surface area contributed by atoms with Crippen molar-refractivity contribution in [1.29, 1.82) is 0 Å². The number of nitrogens with zero attached hydrogens (tertiary/aromatic N) is 1. The molecule has 0 saturated carbocycles. The van der Waals surface area contributed by atoms with Gasteiger partial charge in [-0.3, -0.25) is 0 Å². The summed E-state index contributed by atoms with van der Waals surface area (Å²) in [5, 5.41) is 12.9. The molecule has 0 saturated heterocycles. The Balaban J connectivity index is 2.61. The standard InChI is InChI=1S/C17H20N2O2/c1-5-12-14(6-2)18-15-8-7-11(10-19(3)4)9-13(15)16(12)17(20)21/h5-9,14,18H,1-2,10H2,3-4H3,(H,20,21). The minimum atomic E-state index is -0.943. The molecular formula is C17H20N2O2. The van der Waals surface area contributed by atoms with Crippen LogP contribution < -0.4 is 5.32 Å². The van der Waals surface area contributed by atoms with Crippen LogP contribution in [-0.4, -0.2) is 36.1 Å². The topological polar surface area (TPSA) is 52.6 Å². The van der Waals surface area contributed by atoms with Gasteiger partial charge < -0.3 is 15.3 Å². The highest BCUT2D eigenvalue weighted by Crippen LogP contribution is 2.35. The van der Waals surface area contributed by atoms with Gasteiger partial charge in [-0.05, 0) is 37.4 Å². The van der Waals surface area contributed by atoms with Crippen LogP contribution in [0.25, 0.3) is 5.57 Å². The smallest absolute Gasteiger partial charge is 0.336 e. The Kier molecular flexibility index (Phi) is 4.29. The molecule has 1 aliphatic heterocycles. The highest BCUT2D eigenvalue weighted by atomic mass is 16.4. The molecule has 1 aromatic carbocycles. The van der Waals surface area contributed by atoms with E-state index in [9.17, 15) is 9.90 Å². The molecule has 1 aliphatic rings. The fourth-order valence-corrected chi connectivity index (χ4v) is 2.60. The van der Waals surface area contributed by atoms with Gasteiger partial charge in [0.25, 0.3) is 0 Å². The molecule has 0 radical (unpaired) electrons. The minimum Gasteiger partial charge on any atom is -0.478 e. The van der Waals surface area contributed by atoms with Crippen LogP contribution in [0.15, 0.2) is 49.1 Å². The average Bonchev–Trinajstić information content (AvgIpc) is 2.44. The molecular weight excluding hydrogens is 264 g/mol. The summed E-state index contributed by atoms with van der Waals surface area (Å²) in [5.41, 5.74) is 3.52. The molecule has 0 fully saturated rings. The Labute approximate surface area is 125 Å². The van der Waals surface area contributed by atoms with Crippen LogP contribution in [0.3, 0.4) is 0 Å².